The Morgan fingerprint density at radius 2 is 1.62 bits per heavy atom. The number of imide groups is 1. The van der Waals surface area contributed by atoms with Crippen LogP contribution in [0.1, 0.15) is 6.42 Å². The molecule has 3 nitrogen and oxygen atoms in total. The summed E-state index contributed by atoms with van der Waals surface area (Å²) in [6, 6.07) is 7.02. The van der Waals surface area contributed by atoms with Crippen LogP contribution in [0.4, 0.5) is 5.69 Å². The third-order valence-electron chi connectivity index (χ3n) is 5.73. The summed E-state index contributed by atoms with van der Waals surface area (Å²) in [5.41, 5.74) is 0.611. The number of allylic oxidation sites excluding steroid dienone is 2. The van der Waals surface area contributed by atoms with E-state index in [0.717, 1.165) is 0 Å². The lowest BCUT2D eigenvalue weighted by molar-refractivity contribution is -0.124. The van der Waals surface area contributed by atoms with Crippen LogP contribution in [0.25, 0.3) is 0 Å². The molecule has 1 saturated heterocycles. The molecule has 1 aromatic rings. The highest BCUT2D eigenvalue weighted by Crippen LogP contribution is 2.65. The van der Waals surface area contributed by atoms with E-state index in [1.54, 1.807) is 24.3 Å². The Labute approximate surface area is 127 Å². The van der Waals surface area contributed by atoms with Gasteiger partial charge in [-0.1, -0.05) is 29.8 Å². The molecule has 0 aromatic heterocycles. The highest BCUT2D eigenvalue weighted by Gasteiger charge is 2.67. The standard InChI is InChI=1S/C17H14ClNO2/c18-8-2-1-3-9(6-8)19-16(20)14-10-4-5-11(13-7-12(10)13)15(14)17(19)21/h1-6,10-15H,7H2/t10-,11+,12-,13-,14+,15-/m1/s1. The zero-order chi connectivity index (χ0) is 14.3. The van der Waals surface area contributed by atoms with E-state index in [1.165, 1.54) is 11.3 Å². The van der Waals surface area contributed by atoms with Gasteiger partial charge in [-0.2, -0.15) is 0 Å². The van der Waals surface area contributed by atoms with Crippen LogP contribution in [0.15, 0.2) is 36.4 Å². The fourth-order valence-corrected chi connectivity index (χ4v) is 5.01. The molecule has 3 fully saturated rings. The number of nitrogens with zero attached hydrogens (tertiary/aromatic N) is 1. The first-order valence-electron chi connectivity index (χ1n) is 7.48. The van der Waals surface area contributed by atoms with Crippen molar-refractivity contribution in [2.75, 3.05) is 4.90 Å². The normalized spacial score (nSPS) is 42.2. The fourth-order valence-electron chi connectivity index (χ4n) is 4.83. The summed E-state index contributed by atoms with van der Waals surface area (Å²) >= 11 is 6.01. The number of amides is 2. The molecule has 21 heavy (non-hydrogen) atoms. The van der Waals surface area contributed by atoms with Gasteiger partial charge >= 0.3 is 0 Å². The van der Waals surface area contributed by atoms with E-state index in [1.807, 2.05) is 0 Å². The van der Waals surface area contributed by atoms with E-state index < -0.39 is 0 Å². The topological polar surface area (TPSA) is 37.4 Å². The van der Waals surface area contributed by atoms with Crippen molar-refractivity contribution in [2.45, 2.75) is 6.42 Å². The Hall–Kier alpha value is -1.61. The van der Waals surface area contributed by atoms with Crippen molar-refractivity contribution in [3.63, 3.8) is 0 Å². The average Bonchev–Trinajstić information content (AvgIpc) is 3.24. The third-order valence-corrected chi connectivity index (χ3v) is 5.96. The molecule has 0 N–H and O–H groups in total. The van der Waals surface area contributed by atoms with Gasteiger partial charge < -0.3 is 0 Å². The largest absolute Gasteiger partial charge is 0.274 e. The minimum atomic E-state index is -0.143. The van der Waals surface area contributed by atoms with Gasteiger partial charge in [-0.15, -0.1) is 0 Å². The third kappa shape index (κ3) is 1.40. The van der Waals surface area contributed by atoms with E-state index in [9.17, 15) is 9.59 Å². The lowest BCUT2D eigenvalue weighted by atomic mass is 9.63. The summed E-state index contributed by atoms with van der Waals surface area (Å²) in [5, 5.41) is 0.548. The number of hydrogen-bond donors (Lipinski definition) is 0. The summed E-state index contributed by atoms with van der Waals surface area (Å²) in [6.07, 6.45) is 5.56. The molecule has 2 amide bonds. The highest BCUT2D eigenvalue weighted by atomic mass is 35.5. The maximum Gasteiger partial charge on any atom is 0.238 e. The Morgan fingerprint density at radius 1 is 1.00 bits per heavy atom. The van der Waals surface area contributed by atoms with Gasteiger partial charge in [0.2, 0.25) is 11.8 Å². The van der Waals surface area contributed by atoms with Crippen LogP contribution in [0.2, 0.25) is 5.02 Å². The molecule has 4 heteroatoms. The van der Waals surface area contributed by atoms with Crippen LogP contribution in [0.3, 0.4) is 0 Å². The second-order valence-electron chi connectivity index (χ2n) is 6.65. The van der Waals surface area contributed by atoms with Crippen LogP contribution in [0, 0.1) is 35.5 Å². The molecule has 1 aromatic carbocycles. The first-order chi connectivity index (χ1) is 10.2. The Kier molecular flexibility index (Phi) is 2.15. The molecule has 1 aliphatic heterocycles. The summed E-state index contributed by atoms with van der Waals surface area (Å²) < 4.78 is 0. The zero-order valence-electron chi connectivity index (χ0n) is 11.3. The number of hydrogen-bond acceptors (Lipinski definition) is 2. The van der Waals surface area contributed by atoms with Gasteiger partial charge in [0.25, 0.3) is 0 Å². The predicted molar refractivity (Wildman–Crippen MR) is 78.6 cm³/mol. The van der Waals surface area contributed by atoms with Gasteiger partial charge in [-0.25, -0.2) is 4.90 Å². The second kappa shape index (κ2) is 3.77. The number of anilines is 1. The minimum Gasteiger partial charge on any atom is -0.274 e. The maximum atomic E-state index is 12.8. The molecule has 2 bridgehead atoms. The minimum absolute atomic E-state index is 0.0306. The van der Waals surface area contributed by atoms with Crippen LogP contribution >= 0.6 is 11.6 Å². The van der Waals surface area contributed by atoms with Crippen LogP contribution in [-0.2, 0) is 9.59 Å². The number of carbonyl (C=O) groups excluding carboxylic acids is 2. The molecular weight excluding hydrogens is 286 g/mol. The Balaban J connectivity index is 1.60. The molecule has 106 valence electrons. The first-order valence-corrected chi connectivity index (χ1v) is 7.86. The monoisotopic (exact) mass is 299 g/mol. The second-order valence-corrected chi connectivity index (χ2v) is 7.08. The fraction of sp³-hybridized carbons (Fsp3) is 0.412. The molecule has 6 atom stereocenters. The van der Waals surface area contributed by atoms with Crippen molar-refractivity contribution < 1.29 is 9.59 Å². The quantitative estimate of drug-likeness (QED) is 0.591. The lowest BCUT2D eigenvalue weighted by Crippen LogP contribution is -2.40. The van der Waals surface area contributed by atoms with Crippen molar-refractivity contribution in [2.24, 2.45) is 35.5 Å². The van der Waals surface area contributed by atoms with Crippen molar-refractivity contribution in [3.8, 4) is 0 Å². The summed E-state index contributed by atoms with van der Waals surface area (Å²) in [5.74, 6) is 1.46. The molecule has 0 unspecified atom stereocenters. The predicted octanol–water partition coefficient (Wildman–Crippen LogP) is 2.90. The van der Waals surface area contributed by atoms with Gasteiger partial charge in [-0.05, 0) is 48.3 Å². The van der Waals surface area contributed by atoms with E-state index in [2.05, 4.69) is 12.2 Å². The molecule has 2 saturated carbocycles. The SMILES string of the molecule is O=C1[C@@H]2[C@H]3C=C[C@H]([C@H]4C[C@H]34)[C@@H]2C(=O)N1c1cccc(Cl)c1. The van der Waals surface area contributed by atoms with Gasteiger partial charge in [0.1, 0.15) is 0 Å². The number of benzene rings is 1. The molecule has 6 rings (SSSR count). The number of carbonyl (C=O) groups is 2. The maximum absolute atomic E-state index is 12.8. The average molecular weight is 300 g/mol. The number of halogens is 1. The summed E-state index contributed by atoms with van der Waals surface area (Å²) in [6.45, 7) is 0. The zero-order valence-corrected chi connectivity index (χ0v) is 12.0. The Bertz CT molecular complexity index is 676. The van der Waals surface area contributed by atoms with Crippen molar-refractivity contribution >= 4 is 29.1 Å². The molecule has 1 heterocycles. The van der Waals surface area contributed by atoms with Crippen molar-refractivity contribution in [3.05, 3.63) is 41.4 Å². The molecule has 4 aliphatic carbocycles. The Morgan fingerprint density at radius 3 is 2.19 bits per heavy atom. The summed E-state index contributed by atoms with van der Waals surface area (Å²) in [7, 11) is 0. The van der Waals surface area contributed by atoms with E-state index in [-0.39, 0.29) is 35.5 Å². The number of rotatable bonds is 1. The molecular formula is C17H14ClNO2. The summed E-state index contributed by atoms with van der Waals surface area (Å²) in [4.78, 5) is 27.1. The smallest absolute Gasteiger partial charge is 0.238 e. The van der Waals surface area contributed by atoms with E-state index >= 15 is 0 Å². The van der Waals surface area contributed by atoms with Gasteiger partial charge in [0, 0.05) is 5.02 Å². The van der Waals surface area contributed by atoms with Crippen molar-refractivity contribution in [1.29, 1.82) is 0 Å². The van der Waals surface area contributed by atoms with Crippen LogP contribution < -0.4 is 4.90 Å². The van der Waals surface area contributed by atoms with E-state index in [0.29, 0.717) is 22.5 Å². The van der Waals surface area contributed by atoms with Gasteiger partial charge in [0.05, 0.1) is 17.5 Å². The van der Waals surface area contributed by atoms with Crippen LogP contribution in [0.5, 0.6) is 0 Å². The van der Waals surface area contributed by atoms with Crippen molar-refractivity contribution in [1.82, 2.24) is 0 Å². The first kappa shape index (κ1) is 12.0. The molecule has 5 aliphatic rings. The van der Waals surface area contributed by atoms with Gasteiger partial charge in [-0.3, -0.25) is 9.59 Å². The lowest BCUT2D eigenvalue weighted by Gasteiger charge is -2.37. The molecule has 0 radical (unpaired) electrons. The van der Waals surface area contributed by atoms with Crippen LogP contribution in [-0.4, -0.2) is 11.8 Å². The molecule has 0 spiro atoms. The van der Waals surface area contributed by atoms with E-state index in [4.69, 9.17) is 11.6 Å². The highest BCUT2D eigenvalue weighted by molar-refractivity contribution is 6.31. The van der Waals surface area contributed by atoms with Gasteiger partial charge in [0.15, 0.2) is 0 Å².